The minimum Gasteiger partial charge on any atom is -0.364 e. The van der Waals surface area contributed by atoms with Crippen LogP contribution < -0.4 is 4.90 Å². The molecule has 0 N–H and O–H groups in total. The molecular formula is C41H45ClN4. The first-order valence-corrected chi connectivity index (χ1v) is 16.8. The number of hydrogen-bond donors (Lipinski definition) is 0. The van der Waals surface area contributed by atoms with Crippen LogP contribution in [0.3, 0.4) is 0 Å². The maximum absolute atomic E-state index is 6.32. The Morgan fingerprint density at radius 1 is 0.630 bits per heavy atom. The first-order chi connectivity index (χ1) is 22.1. The van der Waals surface area contributed by atoms with Gasteiger partial charge >= 0.3 is 0 Å². The molecule has 0 unspecified atom stereocenters. The third-order valence-corrected chi connectivity index (χ3v) is 10.3. The number of piperidine rings is 1. The number of aryl methyl sites for hydroxylation is 4. The lowest BCUT2D eigenvalue weighted by atomic mass is 9.96. The van der Waals surface area contributed by atoms with E-state index in [0.29, 0.717) is 6.04 Å². The van der Waals surface area contributed by atoms with E-state index in [0.717, 1.165) is 44.0 Å². The smallest absolute Gasteiger partial charge is 0.0448 e. The number of pyridine rings is 2. The van der Waals surface area contributed by atoms with Gasteiger partial charge in [0.25, 0.3) is 0 Å². The molecule has 0 aliphatic carbocycles. The Kier molecular flexibility index (Phi) is 9.58. The molecule has 0 radical (unpaired) electrons. The van der Waals surface area contributed by atoms with Crippen molar-refractivity contribution in [2.75, 3.05) is 18.0 Å². The fraction of sp³-hybridized carbons (Fsp3) is 0.317. The van der Waals surface area contributed by atoms with Crippen LogP contribution in [0.2, 0.25) is 5.02 Å². The van der Waals surface area contributed by atoms with Crippen molar-refractivity contribution in [2.45, 2.75) is 73.5 Å². The maximum Gasteiger partial charge on any atom is 0.0448 e. The Labute approximate surface area is 280 Å². The second kappa shape index (κ2) is 13.8. The lowest BCUT2D eigenvalue weighted by Gasteiger charge is -2.40. The molecule has 0 amide bonds. The third-order valence-electron chi connectivity index (χ3n) is 10.0. The van der Waals surface area contributed by atoms with Gasteiger partial charge < -0.3 is 4.90 Å². The molecular weight excluding hydrogens is 584 g/mol. The standard InChI is InChI=1S/C41H45ClN4/c1-27-15-35(16-28(2)31(27)5)37-19-33(21-43-23-37)25-45-13-11-41(12-14-45)46(40-9-7-39(42)8-10-40)26-34-20-38(24-44-22-34)36-17-29(3)32(6)30(4)18-36/h7-10,15-24,41H,11-14,25-26H2,1-6H3. The van der Waals surface area contributed by atoms with Crippen LogP contribution >= 0.6 is 11.6 Å². The van der Waals surface area contributed by atoms with Gasteiger partial charge in [-0.15, -0.1) is 0 Å². The van der Waals surface area contributed by atoms with Crippen LogP contribution in [-0.2, 0) is 13.1 Å². The predicted octanol–water partition coefficient (Wildman–Crippen LogP) is 9.99. The largest absolute Gasteiger partial charge is 0.364 e. The van der Waals surface area contributed by atoms with E-state index in [1.54, 1.807) is 0 Å². The van der Waals surface area contributed by atoms with Crippen LogP contribution in [0, 0.1) is 41.5 Å². The van der Waals surface area contributed by atoms with Crippen molar-refractivity contribution >= 4 is 17.3 Å². The Morgan fingerprint density at radius 3 is 1.63 bits per heavy atom. The molecule has 1 saturated heterocycles. The molecule has 5 aromatic rings. The van der Waals surface area contributed by atoms with Crippen LogP contribution in [-0.4, -0.2) is 34.0 Å². The second-order valence-electron chi connectivity index (χ2n) is 13.2. The summed E-state index contributed by atoms with van der Waals surface area (Å²) >= 11 is 6.32. The van der Waals surface area contributed by atoms with E-state index in [9.17, 15) is 0 Å². The lowest BCUT2D eigenvalue weighted by molar-refractivity contribution is 0.200. The highest BCUT2D eigenvalue weighted by atomic mass is 35.5. The molecule has 1 aliphatic heterocycles. The SMILES string of the molecule is Cc1cc(-c2cncc(CN3CCC(N(Cc4cncc(-c5cc(C)c(C)c(C)c5)c4)c4ccc(Cl)cc4)CC3)c2)cc(C)c1C. The Hall–Kier alpha value is -3.99. The number of halogens is 1. The molecule has 3 heterocycles. The molecule has 236 valence electrons. The van der Waals surface area contributed by atoms with Crippen molar-refractivity contribution in [3.8, 4) is 22.3 Å². The summed E-state index contributed by atoms with van der Waals surface area (Å²) in [6.45, 7) is 17.0. The number of rotatable bonds is 8. The molecule has 2 aromatic heterocycles. The molecule has 0 saturated carbocycles. The molecule has 1 aliphatic rings. The zero-order valence-corrected chi connectivity index (χ0v) is 28.8. The van der Waals surface area contributed by atoms with Gasteiger partial charge in [0.1, 0.15) is 0 Å². The quantitative estimate of drug-likeness (QED) is 0.171. The first-order valence-electron chi connectivity index (χ1n) is 16.4. The maximum atomic E-state index is 6.32. The van der Waals surface area contributed by atoms with Gasteiger partial charge in [-0.1, -0.05) is 35.9 Å². The summed E-state index contributed by atoms with van der Waals surface area (Å²) in [7, 11) is 0. The summed E-state index contributed by atoms with van der Waals surface area (Å²) < 4.78 is 0. The van der Waals surface area contributed by atoms with Gasteiger partial charge in [0.05, 0.1) is 0 Å². The van der Waals surface area contributed by atoms with Gasteiger partial charge in [0, 0.05) is 78.8 Å². The van der Waals surface area contributed by atoms with Gasteiger partial charge in [-0.05, 0) is 146 Å². The van der Waals surface area contributed by atoms with Crippen molar-refractivity contribution in [2.24, 2.45) is 0 Å². The molecule has 1 fully saturated rings. The van der Waals surface area contributed by atoms with Gasteiger partial charge in [-0.2, -0.15) is 0 Å². The number of benzene rings is 3. The van der Waals surface area contributed by atoms with Crippen molar-refractivity contribution in [1.82, 2.24) is 14.9 Å². The average molecular weight is 629 g/mol. The van der Waals surface area contributed by atoms with Crippen molar-refractivity contribution in [3.63, 3.8) is 0 Å². The zero-order valence-electron chi connectivity index (χ0n) is 28.1. The summed E-state index contributed by atoms with van der Waals surface area (Å²) in [5.41, 5.74) is 16.5. The number of aromatic nitrogens is 2. The first kappa shape index (κ1) is 32.0. The Balaban J connectivity index is 1.17. The highest BCUT2D eigenvalue weighted by Gasteiger charge is 2.26. The molecule has 6 rings (SSSR count). The van der Waals surface area contributed by atoms with E-state index in [2.05, 4.69) is 110 Å². The van der Waals surface area contributed by atoms with Gasteiger partial charge in [-0.25, -0.2) is 0 Å². The summed E-state index contributed by atoms with van der Waals surface area (Å²) in [6.07, 6.45) is 10.2. The summed E-state index contributed by atoms with van der Waals surface area (Å²) in [4.78, 5) is 14.5. The van der Waals surface area contributed by atoms with E-state index in [1.165, 1.54) is 72.4 Å². The minimum absolute atomic E-state index is 0.424. The highest BCUT2D eigenvalue weighted by Crippen LogP contribution is 2.31. The average Bonchev–Trinajstić information content (AvgIpc) is 3.06. The number of anilines is 1. The second-order valence-corrected chi connectivity index (χ2v) is 13.7. The van der Waals surface area contributed by atoms with Crippen molar-refractivity contribution < 1.29 is 0 Å². The lowest BCUT2D eigenvalue weighted by Crippen LogP contribution is -2.44. The normalized spacial score (nSPS) is 14.1. The predicted molar refractivity (Wildman–Crippen MR) is 194 cm³/mol. The van der Waals surface area contributed by atoms with E-state index >= 15 is 0 Å². The molecule has 0 spiro atoms. The number of hydrogen-bond acceptors (Lipinski definition) is 4. The topological polar surface area (TPSA) is 32.3 Å². The van der Waals surface area contributed by atoms with Crippen LogP contribution in [0.15, 0.2) is 85.5 Å². The summed E-state index contributed by atoms with van der Waals surface area (Å²) in [6, 6.07) is 22.5. The van der Waals surface area contributed by atoms with Crippen LogP contribution in [0.5, 0.6) is 0 Å². The minimum atomic E-state index is 0.424. The van der Waals surface area contributed by atoms with Crippen LogP contribution in [0.1, 0.15) is 57.3 Å². The highest BCUT2D eigenvalue weighted by molar-refractivity contribution is 6.30. The fourth-order valence-electron chi connectivity index (χ4n) is 6.78. The Morgan fingerprint density at radius 2 is 1.11 bits per heavy atom. The summed E-state index contributed by atoms with van der Waals surface area (Å²) in [5, 5.41) is 0.763. The molecule has 0 bridgehead atoms. The molecule has 46 heavy (non-hydrogen) atoms. The van der Waals surface area contributed by atoms with Gasteiger partial charge in [-0.3, -0.25) is 14.9 Å². The van der Waals surface area contributed by atoms with E-state index in [4.69, 9.17) is 11.6 Å². The van der Waals surface area contributed by atoms with Gasteiger partial charge in [0.15, 0.2) is 0 Å². The molecule has 3 aromatic carbocycles. The van der Waals surface area contributed by atoms with E-state index in [1.807, 2.05) is 36.9 Å². The number of likely N-dealkylation sites (tertiary alicyclic amines) is 1. The van der Waals surface area contributed by atoms with Crippen molar-refractivity contribution in [1.29, 1.82) is 0 Å². The summed E-state index contributed by atoms with van der Waals surface area (Å²) in [5.74, 6) is 0. The molecule has 5 heteroatoms. The van der Waals surface area contributed by atoms with Crippen molar-refractivity contribution in [3.05, 3.63) is 135 Å². The van der Waals surface area contributed by atoms with Gasteiger partial charge in [0.2, 0.25) is 0 Å². The Bertz CT molecular complexity index is 1790. The third kappa shape index (κ3) is 7.19. The molecule has 0 atom stereocenters. The van der Waals surface area contributed by atoms with E-state index < -0.39 is 0 Å². The number of nitrogens with zero attached hydrogens (tertiary/aromatic N) is 4. The fourth-order valence-corrected chi connectivity index (χ4v) is 6.90. The zero-order chi connectivity index (χ0) is 32.4. The van der Waals surface area contributed by atoms with Crippen LogP contribution in [0.4, 0.5) is 5.69 Å². The molecule has 4 nitrogen and oxygen atoms in total. The van der Waals surface area contributed by atoms with E-state index in [-0.39, 0.29) is 0 Å². The van der Waals surface area contributed by atoms with Crippen LogP contribution in [0.25, 0.3) is 22.3 Å². The monoisotopic (exact) mass is 628 g/mol.